The summed E-state index contributed by atoms with van der Waals surface area (Å²) in [5.41, 5.74) is 0.0562. The lowest BCUT2D eigenvalue weighted by Crippen LogP contribution is -2.21. The molecule has 0 aliphatic rings. The number of hydrogen-bond acceptors (Lipinski definition) is 5. The summed E-state index contributed by atoms with van der Waals surface area (Å²) in [6.07, 6.45) is 1.02. The molecule has 0 saturated carbocycles. The molecule has 0 bridgehead atoms. The summed E-state index contributed by atoms with van der Waals surface area (Å²) in [7, 11) is 3.60. The maximum Gasteiger partial charge on any atom is 0.276 e. The van der Waals surface area contributed by atoms with E-state index in [1.165, 1.54) is 12.1 Å². The van der Waals surface area contributed by atoms with Crippen molar-refractivity contribution in [2.24, 2.45) is 5.92 Å². The van der Waals surface area contributed by atoms with Gasteiger partial charge in [-0.3, -0.25) is 10.1 Å². The van der Waals surface area contributed by atoms with Gasteiger partial charge in [0.15, 0.2) is 0 Å². The number of hydrogen-bond donors (Lipinski definition) is 1. The van der Waals surface area contributed by atoms with Gasteiger partial charge in [0.05, 0.1) is 17.1 Å². The Bertz CT molecular complexity index is 421. The van der Waals surface area contributed by atoms with Gasteiger partial charge in [-0.05, 0) is 12.3 Å². The fraction of sp³-hybridized carbons (Fsp3) is 0.583. The van der Waals surface area contributed by atoms with Crippen LogP contribution in [-0.4, -0.2) is 30.5 Å². The van der Waals surface area contributed by atoms with Crippen LogP contribution in [-0.2, 0) is 0 Å². The molecule has 6 heteroatoms. The van der Waals surface area contributed by atoms with Crippen molar-refractivity contribution in [3.63, 3.8) is 0 Å². The maximum atomic E-state index is 10.8. The smallest absolute Gasteiger partial charge is 0.276 e. The van der Waals surface area contributed by atoms with Gasteiger partial charge in [0.25, 0.3) is 5.69 Å². The Morgan fingerprint density at radius 3 is 2.67 bits per heavy atom. The first-order chi connectivity index (χ1) is 8.43. The molecule has 1 N–H and O–H groups in total. The molecular weight excluding hydrogens is 232 g/mol. The maximum absolute atomic E-state index is 10.8. The van der Waals surface area contributed by atoms with Gasteiger partial charge in [0.2, 0.25) is 0 Å². The number of nitrogens with zero attached hydrogens (tertiary/aromatic N) is 3. The van der Waals surface area contributed by atoms with E-state index in [9.17, 15) is 10.1 Å². The fourth-order valence-electron chi connectivity index (χ4n) is 1.50. The van der Waals surface area contributed by atoms with Gasteiger partial charge in [0.1, 0.15) is 11.6 Å². The molecule has 1 rings (SSSR count). The summed E-state index contributed by atoms with van der Waals surface area (Å²) in [6, 6.07) is 2.93. The first kappa shape index (κ1) is 14.2. The zero-order valence-corrected chi connectivity index (χ0v) is 11.3. The number of pyridine rings is 1. The monoisotopic (exact) mass is 252 g/mol. The van der Waals surface area contributed by atoms with E-state index in [0.717, 1.165) is 13.0 Å². The van der Waals surface area contributed by atoms with Gasteiger partial charge in [-0.1, -0.05) is 13.8 Å². The third kappa shape index (κ3) is 3.87. The molecule has 1 heterocycles. The van der Waals surface area contributed by atoms with Crippen LogP contribution in [0.5, 0.6) is 0 Å². The van der Waals surface area contributed by atoms with Gasteiger partial charge in [-0.2, -0.15) is 0 Å². The molecule has 0 radical (unpaired) electrons. The Morgan fingerprint density at radius 2 is 2.17 bits per heavy atom. The SMILES string of the molecule is CNc1cc([N+](=O)[O-])cc(N(C)CCC(C)C)n1. The van der Waals surface area contributed by atoms with E-state index in [4.69, 9.17) is 0 Å². The summed E-state index contributed by atoms with van der Waals surface area (Å²) in [5.74, 6) is 1.72. The molecule has 0 aliphatic heterocycles. The van der Waals surface area contributed by atoms with Gasteiger partial charge in [0, 0.05) is 20.6 Å². The minimum atomic E-state index is -0.400. The predicted octanol–water partition coefficient (Wildman–Crippen LogP) is 2.51. The number of anilines is 2. The van der Waals surface area contributed by atoms with E-state index in [1.54, 1.807) is 7.05 Å². The lowest BCUT2D eigenvalue weighted by Gasteiger charge is -2.19. The van der Waals surface area contributed by atoms with Crippen LogP contribution < -0.4 is 10.2 Å². The summed E-state index contributed by atoms with van der Waals surface area (Å²) in [4.78, 5) is 16.7. The molecule has 0 atom stereocenters. The van der Waals surface area contributed by atoms with Crippen molar-refractivity contribution in [2.45, 2.75) is 20.3 Å². The molecule has 0 aliphatic carbocycles. The zero-order valence-electron chi connectivity index (χ0n) is 11.3. The highest BCUT2D eigenvalue weighted by Crippen LogP contribution is 2.22. The van der Waals surface area contributed by atoms with Crippen LogP contribution in [0.25, 0.3) is 0 Å². The fourth-order valence-corrected chi connectivity index (χ4v) is 1.50. The second-order valence-electron chi connectivity index (χ2n) is 4.68. The first-order valence-corrected chi connectivity index (χ1v) is 5.99. The van der Waals surface area contributed by atoms with Crippen LogP contribution >= 0.6 is 0 Å². The third-order valence-corrected chi connectivity index (χ3v) is 2.70. The Morgan fingerprint density at radius 1 is 1.50 bits per heavy atom. The molecule has 100 valence electrons. The molecule has 0 spiro atoms. The Kier molecular flexibility index (Phi) is 4.88. The summed E-state index contributed by atoms with van der Waals surface area (Å²) >= 11 is 0. The van der Waals surface area contributed by atoms with Crippen molar-refractivity contribution in [1.29, 1.82) is 0 Å². The lowest BCUT2D eigenvalue weighted by atomic mass is 10.1. The first-order valence-electron chi connectivity index (χ1n) is 5.99. The van der Waals surface area contributed by atoms with E-state index in [2.05, 4.69) is 24.1 Å². The normalized spacial score (nSPS) is 10.5. The molecule has 0 aromatic carbocycles. The van der Waals surface area contributed by atoms with E-state index < -0.39 is 4.92 Å². The standard InChI is InChI=1S/C12H20N4O2/c1-9(2)5-6-15(4)12-8-10(16(17)18)7-11(13-3)14-12/h7-9H,5-6H2,1-4H3,(H,13,14). The van der Waals surface area contributed by atoms with Crippen LogP contribution in [0.15, 0.2) is 12.1 Å². The average Bonchev–Trinajstić information content (AvgIpc) is 2.35. The Labute approximate surface area is 107 Å². The highest BCUT2D eigenvalue weighted by atomic mass is 16.6. The van der Waals surface area contributed by atoms with Crippen molar-refractivity contribution < 1.29 is 4.92 Å². The highest BCUT2D eigenvalue weighted by Gasteiger charge is 2.13. The summed E-state index contributed by atoms with van der Waals surface area (Å²) in [6.45, 7) is 5.12. The molecule has 6 nitrogen and oxygen atoms in total. The second-order valence-corrected chi connectivity index (χ2v) is 4.68. The van der Waals surface area contributed by atoms with Crippen LogP contribution in [0.3, 0.4) is 0 Å². The minimum absolute atomic E-state index is 0.0562. The van der Waals surface area contributed by atoms with Crippen LogP contribution in [0.2, 0.25) is 0 Å². The lowest BCUT2D eigenvalue weighted by molar-refractivity contribution is -0.384. The Hall–Kier alpha value is -1.85. The van der Waals surface area contributed by atoms with Crippen LogP contribution in [0, 0.1) is 16.0 Å². The molecule has 0 saturated heterocycles. The zero-order chi connectivity index (χ0) is 13.7. The summed E-state index contributed by atoms with van der Waals surface area (Å²) in [5, 5.41) is 13.7. The average molecular weight is 252 g/mol. The molecule has 0 unspecified atom stereocenters. The van der Waals surface area contributed by atoms with Crippen molar-refractivity contribution in [3.05, 3.63) is 22.2 Å². The molecule has 0 amide bonds. The van der Waals surface area contributed by atoms with E-state index in [0.29, 0.717) is 17.6 Å². The van der Waals surface area contributed by atoms with Crippen molar-refractivity contribution >= 4 is 17.3 Å². The van der Waals surface area contributed by atoms with Gasteiger partial charge < -0.3 is 10.2 Å². The quantitative estimate of drug-likeness (QED) is 0.622. The van der Waals surface area contributed by atoms with Crippen LogP contribution in [0.4, 0.5) is 17.3 Å². The van der Waals surface area contributed by atoms with Crippen molar-refractivity contribution in [2.75, 3.05) is 30.9 Å². The van der Waals surface area contributed by atoms with E-state index in [-0.39, 0.29) is 5.69 Å². The highest BCUT2D eigenvalue weighted by molar-refractivity contribution is 5.55. The molecule has 1 aromatic rings. The van der Waals surface area contributed by atoms with Crippen molar-refractivity contribution in [3.8, 4) is 0 Å². The Balaban J connectivity index is 2.93. The van der Waals surface area contributed by atoms with Crippen molar-refractivity contribution in [1.82, 2.24) is 4.98 Å². The summed E-state index contributed by atoms with van der Waals surface area (Å²) < 4.78 is 0. The number of nitro groups is 1. The van der Waals surface area contributed by atoms with Crippen LogP contribution in [0.1, 0.15) is 20.3 Å². The van der Waals surface area contributed by atoms with Gasteiger partial charge in [-0.15, -0.1) is 0 Å². The van der Waals surface area contributed by atoms with E-state index >= 15 is 0 Å². The topological polar surface area (TPSA) is 71.3 Å². The number of nitrogens with one attached hydrogen (secondary N) is 1. The number of aromatic nitrogens is 1. The molecule has 1 aromatic heterocycles. The van der Waals surface area contributed by atoms with Gasteiger partial charge >= 0.3 is 0 Å². The van der Waals surface area contributed by atoms with Gasteiger partial charge in [-0.25, -0.2) is 4.98 Å². The molecule has 0 fully saturated rings. The predicted molar refractivity (Wildman–Crippen MR) is 73.2 cm³/mol. The second kappa shape index (κ2) is 6.18. The molecule has 18 heavy (non-hydrogen) atoms. The number of rotatable bonds is 6. The largest absolute Gasteiger partial charge is 0.373 e. The van der Waals surface area contributed by atoms with E-state index in [1.807, 2.05) is 11.9 Å². The third-order valence-electron chi connectivity index (χ3n) is 2.70. The molecular formula is C12H20N4O2. The minimum Gasteiger partial charge on any atom is -0.373 e.